The lowest BCUT2D eigenvalue weighted by Crippen LogP contribution is -2.57. The maximum Gasteiger partial charge on any atom is 0.352 e. The first-order valence-corrected chi connectivity index (χ1v) is 11.3. The molecule has 1 unspecified atom stereocenters. The minimum absolute atomic E-state index is 0.0581. The van der Waals surface area contributed by atoms with E-state index >= 15 is 0 Å². The summed E-state index contributed by atoms with van der Waals surface area (Å²) >= 11 is 0. The molecule has 174 valence electrons. The van der Waals surface area contributed by atoms with Gasteiger partial charge in [0.05, 0.1) is 0 Å². The van der Waals surface area contributed by atoms with Gasteiger partial charge in [0, 0.05) is 26.5 Å². The highest BCUT2D eigenvalue weighted by molar-refractivity contribution is 5.77. The van der Waals surface area contributed by atoms with E-state index in [9.17, 15) is 14.7 Å². The molecule has 0 radical (unpaired) electrons. The Balaban J connectivity index is 2.55. The second kappa shape index (κ2) is 14.0. The fourth-order valence-corrected chi connectivity index (χ4v) is 3.60. The van der Waals surface area contributed by atoms with Crippen molar-refractivity contribution in [3.8, 4) is 0 Å². The third-order valence-electron chi connectivity index (χ3n) is 5.45. The van der Waals surface area contributed by atoms with Crippen LogP contribution in [0.3, 0.4) is 0 Å². The number of hydrogen-bond acceptors (Lipinski definition) is 4. The van der Waals surface area contributed by atoms with Crippen LogP contribution in [0.1, 0.15) is 64.5 Å². The second-order valence-corrected chi connectivity index (χ2v) is 8.15. The summed E-state index contributed by atoms with van der Waals surface area (Å²) in [5, 5.41) is 12.8. The van der Waals surface area contributed by atoms with Crippen LogP contribution in [-0.2, 0) is 27.3 Å². The maximum atomic E-state index is 12.1. The first-order chi connectivity index (χ1) is 14.8. The number of hydrogen-bond donors (Lipinski definition) is 2. The van der Waals surface area contributed by atoms with Crippen molar-refractivity contribution in [2.24, 2.45) is 5.92 Å². The number of aliphatic carboxylic acids is 1. The smallest absolute Gasteiger partial charge is 0.352 e. The number of likely N-dealkylation sites (N-methyl/N-ethyl adjacent to an activating group) is 1. The molecule has 0 aliphatic heterocycles. The van der Waals surface area contributed by atoms with Gasteiger partial charge in [0.1, 0.15) is 0 Å². The third-order valence-corrected chi connectivity index (χ3v) is 5.45. The predicted octanol–water partition coefficient (Wildman–Crippen LogP) is 4.39. The number of carboxylic acids is 1. The molecule has 0 bridgehead atoms. The van der Waals surface area contributed by atoms with Crippen molar-refractivity contribution in [1.29, 1.82) is 0 Å². The Morgan fingerprint density at radius 3 is 2.26 bits per heavy atom. The molecule has 0 aliphatic rings. The number of nitrogens with one attached hydrogen (secondary N) is 1. The van der Waals surface area contributed by atoms with Crippen LogP contribution in [0.25, 0.3) is 0 Å². The first kappa shape index (κ1) is 26.9. The molecule has 0 spiro atoms. The Kier molecular flexibility index (Phi) is 12.1. The Morgan fingerprint density at radius 1 is 1.13 bits per heavy atom. The number of carboxylic acid groups (broad SMARTS) is 1. The number of rotatable bonds is 15. The van der Waals surface area contributed by atoms with Crippen LogP contribution in [0.4, 0.5) is 0 Å². The normalized spacial score (nSPS) is 13.6. The zero-order chi connectivity index (χ0) is 23.3. The summed E-state index contributed by atoms with van der Waals surface area (Å²) in [6.07, 6.45) is 8.08. The van der Waals surface area contributed by atoms with Gasteiger partial charge in [0.25, 0.3) is 0 Å². The van der Waals surface area contributed by atoms with E-state index in [1.165, 1.54) is 7.11 Å². The third kappa shape index (κ3) is 8.83. The molecule has 2 N–H and O–H groups in total. The first-order valence-electron chi connectivity index (χ1n) is 11.3. The van der Waals surface area contributed by atoms with Gasteiger partial charge in [-0.25, -0.2) is 4.79 Å². The molecular formula is C25H40N2O4. The molecule has 6 nitrogen and oxygen atoms in total. The monoisotopic (exact) mass is 432 g/mol. The average Bonchev–Trinajstić information content (AvgIpc) is 2.75. The number of carbonyl (C=O) groups is 2. The molecule has 1 amide bonds. The number of amides is 1. The topological polar surface area (TPSA) is 78.9 Å². The minimum atomic E-state index is -1.39. The zero-order valence-electron chi connectivity index (χ0n) is 19.8. The quantitative estimate of drug-likeness (QED) is 0.244. The Labute approximate surface area is 187 Å². The van der Waals surface area contributed by atoms with E-state index < -0.39 is 11.7 Å². The molecular weight excluding hydrogens is 392 g/mol. The molecule has 6 heteroatoms. The summed E-state index contributed by atoms with van der Waals surface area (Å²) in [4.78, 5) is 25.9. The van der Waals surface area contributed by atoms with Crippen LogP contribution in [0, 0.1) is 5.92 Å². The second-order valence-electron chi connectivity index (χ2n) is 8.15. The van der Waals surface area contributed by atoms with Crippen molar-refractivity contribution < 1.29 is 19.4 Å². The number of methoxy groups -OCH3 is 1. The van der Waals surface area contributed by atoms with E-state index in [-0.39, 0.29) is 12.3 Å². The van der Waals surface area contributed by atoms with Crippen LogP contribution in [-0.4, -0.2) is 47.8 Å². The highest BCUT2D eigenvalue weighted by atomic mass is 16.5. The van der Waals surface area contributed by atoms with E-state index in [4.69, 9.17) is 4.74 Å². The van der Waals surface area contributed by atoms with Crippen molar-refractivity contribution in [1.82, 2.24) is 10.2 Å². The molecule has 0 aliphatic carbocycles. The lowest BCUT2D eigenvalue weighted by Gasteiger charge is -2.38. The maximum absolute atomic E-state index is 12.1. The van der Waals surface area contributed by atoms with Crippen molar-refractivity contribution in [3.63, 3.8) is 0 Å². The van der Waals surface area contributed by atoms with E-state index in [1.807, 2.05) is 43.0 Å². The van der Waals surface area contributed by atoms with Crippen molar-refractivity contribution in [2.45, 2.75) is 72.1 Å². The van der Waals surface area contributed by atoms with Gasteiger partial charge in [-0.05, 0) is 49.4 Å². The molecule has 0 aromatic heterocycles. The Morgan fingerprint density at radius 2 is 1.74 bits per heavy atom. The van der Waals surface area contributed by atoms with Crippen molar-refractivity contribution in [3.05, 3.63) is 47.5 Å². The van der Waals surface area contributed by atoms with Gasteiger partial charge in [-0.3, -0.25) is 9.69 Å². The predicted molar refractivity (Wildman–Crippen MR) is 125 cm³/mol. The van der Waals surface area contributed by atoms with Gasteiger partial charge >= 0.3 is 5.97 Å². The lowest BCUT2D eigenvalue weighted by atomic mass is 9.99. The molecule has 0 fully saturated rings. The van der Waals surface area contributed by atoms with Gasteiger partial charge in [-0.2, -0.15) is 0 Å². The standard InChI is InChI=1S/C25H40N2O4/c1-6-27(7-2)25(31-5,24(29)30)18-21-14-16-22(17-15-21)19-26-23(28)13-11-9-8-10-12-20(3)4/h10,12,14-17,20H,6-9,11,13,18-19H2,1-5H3,(H,26,28)(H,29,30). The van der Waals surface area contributed by atoms with Crippen LogP contribution in [0.2, 0.25) is 0 Å². The summed E-state index contributed by atoms with van der Waals surface area (Å²) < 4.78 is 5.50. The number of nitrogens with zero attached hydrogens (tertiary/aromatic N) is 1. The van der Waals surface area contributed by atoms with Gasteiger partial charge in [-0.1, -0.05) is 64.1 Å². The fourth-order valence-electron chi connectivity index (χ4n) is 3.60. The van der Waals surface area contributed by atoms with Crippen LogP contribution >= 0.6 is 0 Å². The largest absolute Gasteiger partial charge is 0.478 e. The van der Waals surface area contributed by atoms with E-state index in [0.29, 0.717) is 32.0 Å². The van der Waals surface area contributed by atoms with E-state index in [0.717, 1.165) is 30.4 Å². The molecule has 1 rings (SSSR count). The number of benzene rings is 1. The summed E-state index contributed by atoms with van der Waals surface area (Å²) in [5.41, 5.74) is 0.475. The molecule has 31 heavy (non-hydrogen) atoms. The minimum Gasteiger partial charge on any atom is -0.478 e. The van der Waals surface area contributed by atoms with Gasteiger partial charge in [0.2, 0.25) is 11.6 Å². The molecule has 1 atom stereocenters. The Bertz CT molecular complexity index is 696. The van der Waals surface area contributed by atoms with Crippen LogP contribution < -0.4 is 5.32 Å². The molecule has 1 aromatic rings. The van der Waals surface area contributed by atoms with Crippen molar-refractivity contribution >= 4 is 11.9 Å². The molecule has 1 aromatic carbocycles. The summed E-state index contributed by atoms with van der Waals surface area (Å²) in [5.74, 6) is -0.362. The summed E-state index contributed by atoms with van der Waals surface area (Å²) in [6.45, 7) is 9.78. The highest BCUT2D eigenvalue weighted by Crippen LogP contribution is 2.23. The fraction of sp³-hybridized carbons (Fsp3) is 0.600. The molecule has 0 heterocycles. The zero-order valence-corrected chi connectivity index (χ0v) is 19.8. The van der Waals surface area contributed by atoms with Crippen molar-refractivity contribution in [2.75, 3.05) is 20.2 Å². The van der Waals surface area contributed by atoms with Crippen LogP contribution in [0.15, 0.2) is 36.4 Å². The molecule has 0 saturated heterocycles. The summed E-state index contributed by atoms with van der Waals surface area (Å²) in [6, 6.07) is 7.67. The summed E-state index contributed by atoms with van der Waals surface area (Å²) in [7, 11) is 1.44. The number of ether oxygens (including phenoxy) is 1. The number of carbonyl (C=O) groups excluding carboxylic acids is 1. The average molecular weight is 433 g/mol. The van der Waals surface area contributed by atoms with E-state index in [1.54, 1.807) is 0 Å². The number of unbranched alkanes of at least 4 members (excludes halogenated alkanes) is 2. The van der Waals surface area contributed by atoms with E-state index in [2.05, 4.69) is 31.3 Å². The van der Waals surface area contributed by atoms with Gasteiger partial charge < -0.3 is 15.2 Å². The molecule has 0 saturated carbocycles. The SMILES string of the molecule is CCN(CC)C(Cc1ccc(CNC(=O)CCCCC=CC(C)C)cc1)(OC)C(=O)O. The number of allylic oxidation sites excluding steroid dienone is 2. The van der Waals surface area contributed by atoms with Gasteiger partial charge in [-0.15, -0.1) is 0 Å². The lowest BCUT2D eigenvalue weighted by molar-refractivity contribution is -0.190. The van der Waals surface area contributed by atoms with Crippen LogP contribution in [0.5, 0.6) is 0 Å². The Hall–Kier alpha value is -2.18. The highest BCUT2D eigenvalue weighted by Gasteiger charge is 2.43. The van der Waals surface area contributed by atoms with Gasteiger partial charge in [0.15, 0.2) is 0 Å².